The van der Waals surface area contributed by atoms with Crippen molar-refractivity contribution in [1.82, 2.24) is 5.32 Å². The van der Waals surface area contributed by atoms with Gasteiger partial charge in [0, 0.05) is 6.04 Å². The first-order valence-corrected chi connectivity index (χ1v) is 9.63. The van der Waals surface area contributed by atoms with E-state index in [0.29, 0.717) is 17.0 Å². The predicted octanol–water partition coefficient (Wildman–Crippen LogP) is 4.53. The Labute approximate surface area is 167 Å². The fraction of sp³-hybridized carbons (Fsp3) is 0.391. The fourth-order valence-corrected chi connectivity index (χ4v) is 2.58. The van der Waals surface area contributed by atoms with Crippen molar-refractivity contribution in [3.63, 3.8) is 0 Å². The summed E-state index contributed by atoms with van der Waals surface area (Å²) in [7, 11) is 0. The van der Waals surface area contributed by atoms with Gasteiger partial charge in [-0.15, -0.1) is 0 Å². The molecular formula is C23H30N2O3. The summed E-state index contributed by atoms with van der Waals surface area (Å²) in [6, 6.07) is 14.7. The molecular weight excluding hydrogens is 352 g/mol. The number of ether oxygens (including phenoxy) is 1. The molecule has 0 heterocycles. The molecule has 0 spiro atoms. The van der Waals surface area contributed by atoms with Crippen LogP contribution in [0.3, 0.4) is 0 Å². The molecule has 2 aromatic rings. The molecule has 5 nitrogen and oxygen atoms in total. The van der Waals surface area contributed by atoms with Crippen LogP contribution in [0.5, 0.6) is 5.75 Å². The van der Waals surface area contributed by atoms with Crippen LogP contribution in [0.15, 0.2) is 48.5 Å². The van der Waals surface area contributed by atoms with E-state index in [9.17, 15) is 9.59 Å². The van der Waals surface area contributed by atoms with Gasteiger partial charge < -0.3 is 15.4 Å². The Bertz CT molecular complexity index is 807. The largest absolute Gasteiger partial charge is 0.484 e. The van der Waals surface area contributed by atoms with Crippen LogP contribution in [-0.2, 0) is 10.2 Å². The number of hydrogen-bond donors (Lipinski definition) is 2. The van der Waals surface area contributed by atoms with Crippen molar-refractivity contribution in [2.24, 2.45) is 0 Å². The highest BCUT2D eigenvalue weighted by Gasteiger charge is 2.15. The average molecular weight is 383 g/mol. The number of para-hydroxylation sites is 1. The highest BCUT2D eigenvalue weighted by atomic mass is 16.5. The van der Waals surface area contributed by atoms with Crippen LogP contribution in [0.1, 0.15) is 57.0 Å². The summed E-state index contributed by atoms with van der Waals surface area (Å²) in [5.41, 5.74) is 2.17. The Morgan fingerprint density at radius 1 is 1.04 bits per heavy atom. The van der Waals surface area contributed by atoms with Gasteiger partial charge in [0.05, 0.1) is 11.3 Å². The molecule has 0 fully saturated rings. The van der Waals surface area contributed by atoms with Crippen LogP contribution in [0.25, 0.3) is 0 Å². The molecule has 2 aromatic carbocycles. The first kappa shape index (κ1) is 21.5. The third-order valence-electron chi connectivity index (χ3n) is 4.53. The van der Waals surface area contributed by atoms with Crippen molar-refractivity contribution in [3.8, 4) is 5.75 Å². The molecule has 0 aliphatic heterocycles. The van der Waals surface area contributed by atoms with E-state index in [-0.39, 0.29) is 29.9 Å². The number of amides is 2. The van der Waals surface area contributed by atoms with Gasteiger partial charge in [-0.25, -0.2) is 0 Å². The van der Waals surface area contributed by atoms with Gasteiger partial charge in [-0.3, -0.25) is 9.59 Å². The van der Waals surface area contributed by atoms with Crippen molar-refractivity contribution in [2.75, 3.05) is 11.9 Å². The van der Waals surface area contributed by atoms with Crippen molar-refractivity contribution in [2.45, 2.75) is 52.5 Å². The summed E-state index contributed by atoms with van der Waals surface area (Å²) < 4.78 is 5.58. The summed E-state index contributed by atoms with van der Waals surface area (Å²) >= 11 is 0. The molecule has 28 heavy (non-hydrogen) atoms. The van der Waals surface area contributed by atoms with E-state index in [0.717, 1.165) is 6.42 Å². The number of hydrogen-bond acceptors (Lipinski definition) is 3. The van der Waals surface area contributed by atoms with Crippen molar-refractivity contribution in [1.29, 1.82) is 0 Å². The minimum atomic E-state index is -0.316. The van der Waals surface area contributed by atoms with Gasteiger partial charge in [-0.2, -0.15) is 0 Å². The Morgan fingerprint density at radius 3 is 2.29 bits per heavy atom. The van der Waals surface area contributed by atoms with Gasteiger partial charge in [0.25, 0.3) is 11.8 Å². The highest BCUT2D eigenvalue weighted by molar-refractivity contribution is 6.04. The number of carbonyl (C=O) groups excluding carboxylic acids is 2. The number of nitrogens with one attached hydrogen (secondary N) is 2. The normalized spacial score (nSPS) is 12.2. The lowest BCUT2D eigenvalue weighted by molar-refractivity contribution is -0.118. The summed E-state index contributed by atoms with van der Waals surface area (Å²) in [6.07, 6.45) is 0.835. The molecule has 2 rings (SSSR count). The average Bonchev–Trinajstić information content (AvgIpc) is 2.66. The smallest absolute Gasteiger partial charge is 0.262 e. The molecule has 0 saturated carbocycles. The zero-order chi connectivity index (χ0) is 20.7. The predicted molar refractivity (Wildman–Crippen MR) is 113 cm³/mol. The zero-order valence-corrected chi connectivity index (χ0v) is 17.3. The molecule has 0 bridgehead atoms. The van der Waals surface area contributed by atoms with Gasteiger partial charge in [0.1, 0.15) is 5.75 Å². The molecule has 0 aromatic heterocycles. The molecule has 0 aliphatic rings. The maximum atomic E-state index is 12.4. The Kier molecular flexibility index (Phi) is 7.21. The first-order chi connectivity index (χ1) is 13.2. The van der Waals surface area contributed by atoms with Crippen molar-refractivity contribution >= 4 is 17.5 Å². The minimum Gasteiger partial charge on any atom is -0.484 e. The number of anilines is 1. The summed E-state index contributed by atoms with van der Waals surface area (Å²) in [4.78, 5) is 24.7. The highest BCUT2D eigenvalue weighted by Crippen LogP contribution is 2.24. The summed E-state index contributed by atoms with van der Waals surface area (Å²) in [5.74, 6) is 0.110. The van der Waals surface area contributed by atoms with Crippen LogP contribution in [0.4, 0.5) is 5.69 Å². The summed E-state index contributed by atoms with van der Waals surface area (Å²) in [6.45, 7) is 10.2. The second-order valence-electron chi connectivity index (χ2n) is 7.94. The van der Waals surface area contributed by atoms with Crippen LogP contribution in [0.2, 0.25) is 0 Å². The number of rotatable bonds is 7. The number of carbonyl (C=O) groups is 2. The third kappa shape index (κ3) is 6.12. The fourth-order valence-electron chi connectivity index (χ4n) is 2.58. The van der Waals surface area contributed by atoms with E-state index in [4.69, 9.17) is 4.74 Å². The van der Waals surface area contributed by atoms with Gasteiger partial charge >= 0.3 is 0 Å². The van der Waals surface area contributed by atoms with E-state index in [2.05, 4.69) is 31.4 Å². The first-order valence-electron chi connectivity index (χ1n) is 9.63. The Balaban J connectivity index is 1.97. The van der Waals surface area contributed by atoms with Gasteiger partial charge in [0.2, 0.25) is 0 Å². The van der Waals surface area contributed by atoms with Crippen molar-refractivity contribution in [3.05, 3.63) is 59.7 Å². The summed E-state index contributed by atoms with van der Waals surface area (Å²) in [5, 5.41) is 5.68. The molecule has 5 heteroatoms. The molecule has 0 radical (unpaired) electrons. The van der Waals surface area contributed by atoms with Gasteiger partial charge in [0.15, 0.2) is 6.61 Å². The Hall–Kier alpha value is -2.82. The molecule has 0 saturated heterocycles. The van der Waals surface area contributed by atoms with E-state index in [1.807, 2.05) is 38.1 Å². The van der Waals surface area contributed by atoms with Gasteiger partial charge in [-0.1, -0.05) is 52.0 Å². The monoisotopic (exact) mass is 382 g/mol. The van der Waals surface area contributed by atoms with Gasteiger partial charge in [-0.05, 0) is 48.6 Å². The number of benzene rings is 2. The second kappa shape index (κ2) is 9.40. The topological polar surface area (TPSA) is 67.4 Å². The maximum Gasteiger partial charge on any atom is 0.262 e. The van der Waals surface area contributed by atoms with E-state index in [1.54, 1.807) is 24.3 Å². The zero-order valence-electron chi connectivity index (χ0n) is 17.3. The molecule has 0 unspecified atom stereocenters. The third-order valence-corrected chi connectivity index (χ3v) is 4.53. The molecule has 150 valence electrons. The van der Waals surface area contributed by atoms with Crippen LogP contribution in [-0.4, -0.2) is 24.5 Å². The molecule has 1 atom stereocenters. The molecule has 2 N–H and O–H groups in total. The second-order valence-corrected chi connectivity index (χ2v) is 7.94. The quantitative estimate of drug-likeness (QED) is 0.739. The van der Waals surface area contributed by atoms with E-state index in [1.165, 1.54) is 5.56 Å². The van der Waals surface area contributed by atoms with Crippen LogP contribution >= 0.6 is 0 Å². The van der Waals surface area contributed by atoms with E-state index >= 15 is 0 Å². The Morgan fingerprint density at radius 2 is 1.68 bits per heavy atom. The lowest BCUT2D eigenvalue weighted by Crippen LogP contribution is -2.33. The molecule has 0 aliphatic carbocycles. The lowest BCUT2D eigenvalue weighted by Gasteiger charge is -2.19. The van der Waals surface area contributed by atoms with Crippen LogP contribution < -0.4 is 15.4 Å². The maximum absolute atomic E-state index is 12.4. The standard InChI is InChI=1S/C23H30N2O3/c1-6-16(2)24-22(27)19-9-7-8-10-20(19)25-21(26)15-28-18-13-11-17(12-14-18)23(3,4)5/h7-14,16H,6,15H2,1-5H3,(H,24,27)(H,25,26)/t16-/m1/s1. The lowest BCUT2D eigenvalue weighted by atomic mass is 9.87. The van der Waals surface area contributed by atoms with Crippen LogP contribution in [0, 0.1) is 0 Å². The van der Waals surface area contributed by atoms with E-state index < -0.39 is 0 Å². The van der Waals surface area contributed by atoms with Crippen molar-refractivity contribution < 1.29 is 14.3 Å². The molecule has 2 amide bonds. The SMILES string of the molecule is CC[C@@H](C)NC(=O)c1ccccc1NC(=O)COc1ccc(C(C)(C)C)cc1. The minimum absolute atomic E-state index is 0.0649.